The number of benzene rings is 4. The zero-order valence-electron chi connectivity index (χ0n) is 22.8. The second kappa shape index (κ2) is 7.60. The van der Waals surface area contributed by atoms with Gasteiger partial charge in [0.2, 0.25) is 0 Å². The number of imidazole rings is 1. The molecule has 0 N–H and O–H groups in total. The summed E-state index contributed by atoms with van der Waals surface area (Å²) in [5.41, 5.74) is 12.0. The molecule has 4 aromatic carbocycles. The maximum absolute atomic E-state index is 5.14. The highest BCUT2D eigenvalue weighted by Crippen LogP contribution is 2.56. The predicted molar refractivity (Wildman–Crippen MR) is 161 cm³/mol. The van der Waals surface area contributed by atoms with Gasteiger partial charge in [0, 0.05) is 22.9 Å². The minimum atomic E-state index is -0.371. The van der Waals surface area contributed by atoms with E-state index in [4.69, 9.17) is 4.98 Å². The molecule has 0 spiro atoms. The minimum Gasteiger partial charge on any atom is -0.331 e. The molecule has 3 atom stereocenters. The molecule has 190 valence electrons. The smallest absolute Gasteiger partial charge is 0.142 e. The molecule has 3 nitrogen and oxygen atoms in total. The summed E-state index contributed by atoms with van der Waals surface area (Å²) in [4.78, 5) is 7.68. The number of hydrogen-bond acceptors (Lipinski definition) is 2. The second-order valence-corrected chi connectivity index (χ2v) is 11.8. The SMILES string of the molecule is CC1=CC2(C)C(C=C1)c1cc(C3(C)c4ccccc4-c4nc5ccc(C)cc5n43)ccc1N2c1ccccc1. The highest BCUT2D eigenvalue weighted by atomic mass is 15.2. The molecule has 0 bridgehead atoms. The Hall–Kier alpha value is -4.37. The zero-order chi connectivity index (χ0) is 26.5. The number of allylic oxidation sites excluding steroid dienone is 2. The van der Waals surface area contributed by atoms with Crippen LogP contribution >= 0.6 is 0 Å². The number of anilines is 2. The van der Waals surface area contributed by atoms with Crippen molar-refractivity contribution in [1.82, 2.24) is 9.55 Å². The van der Waals surface area contributed by atoms with Crippen molar-refractivity contribution in [2.24, 2.45) is 0 Å². The summed E-state index contributed by atoms with van der Waals surface area (Å²) in [5.74, 6) is 1.32. The summed E-state index contributed by atoms with van der Waals surface area (Å²) in [6.45, 7) is 9.13. The fourth-order valence-corrected chi connectivity index (χ4v) is 7.55. The number of aromatic nitrogens is 2. The van der Waals surface area contributed by atoms with Crippen LogP contribution in [0.2, 0.25) is 0 Å². The molecule has 0 saturated carbocycles. The first-order chi connectivity index (χ1) is 18.9. The lowest BCUT2D eigenvalue weighted by atomic mass is 9.77. The van der Waals surface area contributed by atoms with Crippen LogP contribution in [0.15, 0.2) is 115 Å². The van der Waals surface area contributed by atoms with Gasteiger partial charge in [-0.1, -0.05) is 84.5 Å². The molecule has 0 amide bonds. The van der Waals surface area contributed by atoms with Gasteiger partial charge in [-0.2, -0.15) is 0 Å². The molecule has 2 aliphatic heterocycles. The molecule has 5 aromatic rings. The monoisotopic (exact) mass is 505 g/mol. The summed E-state index contributed by atoms with van der Waals surface area (Å²) in [6, 6.07) is 33.4. The van der Waals surface area contributed by atoms with E-state index in [1.165, 1.54) is 50.3 Å². The topological polar surface area (TPSA) is 21.1 Å². The van der Waals surface area contributed by atoms with Gasteiger partial charge in [-0.25, -0.2) is 4.98 Å². The van der Waals surface area contributed by atoms with Gasteiger partial charge < -0.3 is 9.47 Å². The molecule has 0 fully saturated rings. The summed E-state index contributed by atoms with van der Waals surface area (Å²) in [5, 5.41) is 0. The van der Waals surface area contributed by atoms with Crippen LogP contribution in [0.5, 0.6) is 0 Å². The minimum absolute atomic E-state index is 0.167. The molecule has 8 rings (SSSR count). The summed E-state index contributed by atoms with van der Waals surface area (Å²) >= 11 is 0. The Labute approximate surface area is 229 Å². The van der Waals surface area contributed by atoms with Crippen LogP contribution in [0.3, 0.4) is 0 Å². The maximum atomic E-state index is 5.14. The molecule has 3 unspecified atom stereocenters. The fraction of sp³-hybridized carbons (Fsp3) is 0.194. The average molecular weight is 506 g/mol. The van der Waals surface area contributed by atoms with Crippen molar-refractivity contribution in [3.05, 3.63) is 137 Å². The number of nitrogens with zero attached hydrogens (tertiary/aromatic N) is 3. The molecule has 3 heteroatoms. The molecule has 0 saturated heterocycles. The largest absolute Gasteiger partial charge is 0.331 e. The molecular weight excluding hydrogens is 474 g/mol. The van der Waals surface area contributed by atoms with Gasteiger partial charge in [-0.05, 0) is 80.3 Å². The Balaban J connectivity index is 1.39. The fourth-order valence-electron chi connectivity index (χ4n) is 7.55. The first-order valence-electron chi connectivity index (χ1n) is 13.9. The molecule has 39 heavy (non-hydrogen) atoms. The highest BCUT2D eigenvalue weighted by molar-refractivity contribution is 5.87. The first-order valence-corrected chi connectivity index (χ1v) is 13.9. The summed E-state index contributed by atoms with van der Waals surface area (Å²) in [7, 11) is 0. The number of hydrogen-bond donors (Lipinski definition) is 0. The van der Waals surface area contributed by atoms with Crippen LogP contribution in [0.4, 0.5) is 11.4 Å². The Kier molecular flexibility index (Phi) is 4.41. The number of para-hydroxylation sites is 1. The van der Waals surface area contributed by atoms with Crippen LogP contribution in [0.25, 0.3) is 22.4 Å². The van der Waals surface area contributed by atoms with Gasteiger partial charge >= 0.3 is 0 Å². The Morgan fingerprint density at radius 1 is 0.821 bits per heavy atom. The zero-order valence-corrected chi connectivity index (χ0v) is 22.8. The normalized spacial score (nSPS) is 24.4. The lowest BCUT2D eigenvalue weighted by Gasteiger charge is -2.40. The van der Waals surface area contributed by atoms with Crippen molar-refractivity contribution in [2.75, 3.05) is 4.90 Å². The Morgan fingerprint density at radius 2 is 1.62 bits per heavy atom. The third-order valence-electron chi connectivity index (χ3n) is 9.31. The van der Waals surface area contributed by atoms with Crippen LogP contribution in [-0.4, -0.2) is 15.1 Å². The first kappa shape index (κ1) is 22.6. The van der Waals surface area contributed by atoms with Gasteiger partial charge in [0.1, 0.15) is 5.82 Å². The molecule has 1 aromatic heterocycles. The van der Waals surface area contributed by atoms with Crippen molar-refractivity contribution in [2.45, 2.75) is 44.7 Å². The Morgan fingerprint density at radius 3 is 2.46 bits per heavy atom. The van der Waals surface area contributed by atoms with Gasteiger partial charge in [0.25, 0.3) is 0 Å². The van der Waals surface area contributed by atoms with Crippen LogP contribution in [-0.2, 0) is 5.54 Å². The van der Waals surface area contributed by atoms with E-state index in [1.807, 2.05) is 0 Å². The summed E-state index contributed by atoms with van der Waals surface area (Å²) in [6.07, 6.45) is 7.14. The molecular formula is C36H31N3. The Bertz CT molecular complexity index is 1870. The average Bonchev–Trinajstić information content (AvgIpc) is 3.53. The van der Waals surface area contributed by atoms with Gasteiger partial charge in [0.05, 0.1) is 22.1 Å². The van der Waals surface area contributed by atoms with E-state index in [0.717, 1.165) is 11.3 Å². The van der Waals surface area contributed by atoms with E-state index in [1.54, 1.807) is 0 Å². The van der Waals surface area contributed by atoms with Crippen molar-refractivity contribution in [3.8, 4) is 11.4 Å². The lowest BCUT2D eigenvalue weighted by Crippen LogP contribution is -2.42. The van der Waals surface area contributed by atoms with E-state index in [2.05, 4.69) is 146 Å². The number of aryl methyl sites for hydroxylation is 1. The second-order valence-electron chi connectivity index (χ2n) is 11.8. The van der Waals surface area contributed by atoms with E-state index in [-0.39, 0.29) is 17.0 Å². The van der Waals surface area contributed by atoms with Gasteiger partial charge in [-0.3, -0.25) is 0 Å². The molecule has 1 aliphatic carbocycles. The van der Waals surface area contributed by atoms with Crippen molar-refractivity contribution in [3.63, 3.8) is 0 Å². The third kappa shape index (κ3) is 2.85. The molecule has 3 heterocycles. The van der Waals surface area contributed by atoms with Gasteiger partial charge in [-0.15, -0.1) is 0 Å². The van der Waals surface area contributed by atoms with E-state index in [0.29, 0.717) is 0 Å². The summed E-state index contributed by atoms with van der Waals surface area (Å²) < 4.78 is 2.48. The predicted octanol–water partition coefficient (Wildman–Crippen LogP) is 8.65. The van der Waals surface area contributed by atoms with Crippen molar-refractivity contribution in [1.29, 1.82) is 0 Å². The highest BCUT2D eigenvalue weighted by Gasteiger charge is 2.49. The molecule has 3 aliphatic rings. The number of rotatable bonds is 2. The van der Waals surface area contributed by atoms with E-state index in [9.17, 15) is 0 Å². The van der Waals surface area contributed by atoms with Crippen LogP contribution in [0.1, 0.15) is 48.9 Å². The van der Waals surface area contributed by atoms with E-state index >= 15 is 0 Å². The maximum Gasteiger partial charge on any atom is 0.142 e. The van der Waals surface area contributed by atoms with Crippen LogP contribution in [0, 0.1) is 6.92 Å². The third-order valence-corrected chi connectivity index (χ3v) is 9.31. The van der Waals surface area contributed by atoms with Crippen molar-refractivity contribution < 1.29 is 0 Å². The van der Waals surface area contributed by atoms with E-state index < -0.39 is 0 Å². The number of fused-ring (bicyclic) bond motifs is 8. The van der Waals surface area contributed by atoms with Crippen LogP contribution < -0.4 is 4.90 Å². The molecule has 0 radical (unpaired) electrons. The van der Waals surface area contributed by atoms with Crippen molar-refractivity contribution >= 4 is 22.4 Å². The van der Waals surface area contributed by atoms with Gasteiger partial charge in [0.15, 0.2) is 0 Å². The quantitative estimate of drug-likeness (QED) is 0.239. The lowest BCUT2D eigenvalue weighted by molar-refractivity contribution is 0.514. The standard InChI is InChI=1S/C36H31N3/c1-23-15-18-31-33(20-23)39-34(37-31)27-12-8-9-13-30(27)36(39,4)25-16-19-32-28(21-25)29-17-14-24(2)22-35(29,3)38(32)26-10-6-5-7-11-26/h5-22,29H,1-4H3.